The Hall–Kier alpha value is -2.76. The van der Waals surface area contributed by atoms with Gasteiger partial charge < -0.3 is 5.11 Å². The monoisotopic (exact) mass is 268 g/mol. The van der Waals surface area contributed by atoms with Crippen molar-refractivity contribution in [2.75, 3.05) is 0 Å². The molecule has 6 heteroatoms. The lowest BCUT2D eigenvalue weighted by molar-refractivity contribution is 0.0699. The van der Waals surface area contributed by atoms with Gasteiger partial charge in [0.2, 0.25) is 0 Å². The van der Waals surface area contributed by atoms with E-state index in [0.717, 1.165) is 5.56 Å². The maximum atomic E-state index is 11.2. The fourth-order valence-electron chi connectivity index (χ4n) is 2.20. The summed E-state index contributed by atoms with van der Waals surface area (Å²) in [4.78, 5) is 15.2. The summed E-state index contributed by atoms with van der Waals surface area (Å²) in [5.74, 6) is -1.00. The molecule has 1 atom stereocenters. The number of carbonyl (C=O) groups is 1. The zero-order chi connectivity index (χ0) is 14.1. The molecule has 6 nitrogen and oxygen atoms in total. The first kappa shape index (κ1) is 12.3. The van der Waals surface area contributed by atoms with Crippen molar-refractivity contribution < 1.29 is 9.90 Å². The number of hydrogen-bond donors (Lipinski definition) is 1. The Kier molecular flexibility index (Phi) is 2.90. The molecule has 0 aliphatic heterocycles. The molecule has 0 aliphatic carbocycles. The minimum absolute atomic E-state index is 0.0490. The van der Waals surface area contributed by atoms with E-state index in [-0.39, 0.29) is 11.6 Å². The van der Waals surface area contributed by atoms with Crippen molar-refractivity contribution in [1.82, 2.24) is 20.0 Å². The van der Waals surface area contributed by atoms with Gasteiger partial charge in [-0.25, -0.2) is 9.48 Å². The molecule has 0 amide bonds. The van der Waals surface area contributed by atoms with E-state index in [1.54, 1.807) is 23.1 Å². The fourth-order valence-corrected chi connectivity index (χ4v) is 2.20. The molecule has 100 valence electrons. The van der Waals surface area contributed by atoms with Gasteiger partial charge in [-0.1, -0.05) is 11.3 Å². The summed E-state index contributed by atoms with van der Waals surface area (Å²) in [5, 5.41) is 17.3. The van der Waals surface area contributed by atoms with Crippen LogP contribution in [0.15, 0.2) is 42.7 Å². The number of nitrogens with zero attached hydrogens (tertiary/aromatic N) is 4. The molecule has 0 saturated carbocycles. The zero-order valence-electron chi connectivity index (χ0n) is 10.8. The molecule has 0 aliphatic rings. The number of carboxylic acids is 1. The number of aromatic carboxylic acids is 1. The first-order valence-electron chi connectivity index (χ1n) is 6.15. The molecule has 0 spiro atoms. The van der Waals surface area contributed by atoms with Crippen molar-refractivity contribution in [2.24, 2.45) is 0 Å². The molecule has 0 bridgehead atoms. The molecule has 2 aromatic heterocycles. The topological polar surface area (TPSA) is 80.9 Å². The van der Waals surface area contributed by atoms with Crippen LogP contribution in [0.1, 0.15) is 28.9 Å². The summed E-state index contributed by atoms with van der Waals surface area (Å²) in [6.07, 6.45) is 3.43. The van der Waals surface area contributed by atoms with E-state index in [0.29, 0.717) is 11.0 Å². The molecule has 1 unspecified atom stereocenters. The molecule has 0 radical (unpaired) electrons. The van der Waals surface area contributed by atoms with Crippen LogP contribution in [0.2, 0.25) is 0 Å². The summed E-state index contributed by atoms with van der Waals surface area (Å²) in [6, 6.07) is 8.80. The van der Waals surface area contributed by atoms with E-state index in [9.17, 15) is 4.79 Å². The highest BCUT2D eigenvalue weighted by molar-refractivity contribution is 6.00. The Balaban J connectivity index is 2.14. The highest BCUT2D eigenvalue weighted by Crippen LogP contribution is 2.23. The highest BCUT2D eigenvalue weighted by atomic mass is 16.4. The Morgan fingerprint density at radius 1 is 1.25 bits per heavy atom. The zero-order valence-corrected chi connectivity index (χ0v) is 10.8. The van der Waals surface area contributed by atoms with Crippen LogP contribution in [-0.4, -0.2) is 31.1 Å². The van der Waals surface area contributed by atoms with Gasteiger partial charge in [0.25, 0.3) is 0 Å². The number of fused-ring (bicyclic) bond motifs is 1. The molecule has 20 heavy (non-hydrogen) atoms. The SMILES string of the molecule is CC(c1ccncc1)n1nnc2c(C(=O)O)cccc21. The quantitative estimate of drug-likeness (QED) is 0.787. The van der Waals surface area contributed by atoms with Crippen LogP contribution in [0.5, 0.6) is 0 Å². The number of carboxylic acid groups (broad SMARTS) is 1. The van der Waals surface area contributed by atoms with Crippen LogP contribution in [0.4, 0.5) is 0 Å². The van der Waals surface area contributed by atoms with Crippen molar-refractivity contribution in [3.8, 4) is 0 Å². The summed E-state index contributed by atoms with van der Waals surface area (Å²) in [7, 11) is 0. The van der Waals surface area contributed by atoms with Gasteiger partial charge in [-0.15, -0.1) is 5.10 Å². The molecule has 1 N–H and O–H groups in total. The van der Waals surface area contributed by atoms with Crippen molar-refractivity contribution in [3.63, 3.8) is 0 Å². The molecular formula is C14H12N4O2. The third kappa shape index (κ3) is 1.91. The Bertz CT molecular complexity index is 767. The van der Waals surface area contributed by atoms with E-state index in [1.165, 1.54) is 6.07 Å². The normalized spacial score (nSPS) is 12.4. The first-order valence-corrected chi connectivity index (χ1v) is 6.15. The lowest BCUT2D eigenvalue weighted by Gasteiger charge is -2.12. The number of benzene rings is 1. The van der Waals surface area contributed by atoms with Crippen molar-refractivity contribution in [1.29, 1.82) is 0 Å². The molecule has 3 aromatic rings. The smallest absolute Gasteiger partial charge is 0.338 e. The first-order chi connectivity index (χ1) is 9.68. The number of hydrogen-bond acceptors (Lipinski definition) is 4. The van der Waals surface area contributed by atoms with Crippen LogP contribution in [0.3, 0.4) is 0 Å². The van der Waals surface area contributed by atoms with Gasteiger partial charge in [0, 0.05) is 12.4 Å². The molecular weight excluding hydrogens is 256 g/mol. The van der Waals surface area contributed by atoms with Gasteiger partial charge in [0.1, 0.15) is 5.52 Å². The molecule has 1 aromatic carbocycles. The Morgan fingerprint density at radius 3 is 2.70 bits per heavy atom. The summed E-state index contributed by atoms with van der Waals surface area (Å²) in [6.45, 7) is 1.98. The van der Waals surface area contributed by atoms with Gasteiger partial charge in [0.15, 0.2) is 0 Å². The second-order valence-electron chi connectivity index (χ2n) is 4.47. The van der Waals surface area contributed by atoms with E-state index in [2.05, 4.69) is 15.3 Å². The van der Waals surface area contributed by atoms with Crippen LogP contribution in [0, 0.1) is 0 Å². The van der Waals surface area contributed by atoms with Crippen LogP contribution < -0.4 is 0 Å². The summed E-state index contributed by atoms with van der Waals surface area (Å²) < 4.78 is 1.72. The van der Waals surface area contributed by atoms with Crippen molar-refractivity contribution >= 4 is 17.0 Å². The number of pyridine rings is 1. The molecule has 0 fully saturated rings. The number of aromatic nitrogens is 4. The molecule has 3 rings (SSSR count). The highest BCUT2D eigenvalue weighted by Gasteiger charge is 2.17. The standard InChI is InChI=1S/C14H12N4O2/c1-9(10-5-7-15-8-6-10)18-12-4-2-3-11(14(19)20)13(12)16-17-18/h2-9H,1H3,(H,19,20). The average molecular weight is 268 g/mol. The third-order valence-electron chi connectivity index (χ3n) is 3.29. The third-order valence-corrected chi connectivity index (χ3v) is 3.29. The predicted molar refractivity (Wildman–Crippen MR) is 72.5 cm³/mol. The van der Waals surface area contributed by atoms with Crippen LogP contribution in [-0.2, 0) is 0 Å². The molecule has 0 saturated heterocycles. The Labute approximate surface area is 114 Å². The average Bonchev–Trinajstić information content (AvgIpc) is 2.91. The maximum Gasteiger partial charge on any atom is 0.338 e. The van der Waals surface area contributed by atoms with Gasteiger partial charge in [-0.05, 0) is 36.8 Å². The predicted octanol–water partition coefficient (Wildman–Crippen LogP) is 2.13. The molecule has 2 heterocycles. The lowest BCUT2D eigenvalue weighted by atomic mass is 10.1. The van der Waals surface area contributed by atoms with Crippen molar-refractivity contribution in [3.05, 3.63) is 53.9 Å². The summed E-state index contributed by atoms with van der Waals surface area (Å²) in [5.41, 5.74) is 2.30. The second kappa shape index (κ2) is 4.73. The fraction of sp³-hybridized carbons (Fsp3) is 0.143. The minimum atomic E-state index is -1.00. The van der Waals surface area contributed by atoms with Gasteiger partial charge >= 0.3 is 5.97 Å². The van der Waals surface area contributed by atoms with Crippen LogP contribution in [0.25, 0.3) is 11.0 Å². The summed E-state index contributed by atoms with van der Waals surface area (Å²) >= 11 is 0. The lowest BCUT2D eigenvalue weighted by Crippen LogP contribution is -2.08. The minimum Gasteiger partial charge on any atom is -0.478 e. The maximum absolute atomic E-state index is 11.2. The van der Waals surface area contributed by atoms with Gasteiger partial charge in [-0.2, -0.15) is 0 Å². The van der Waals surface area contributed by atoms with Gasteiger partial charge in [-0.3, -0.25) is 4.98 Å². The van der Waals surface area contributed by atoms with Gasteiger partial charge in [0.05, 0.1) is 17.1 Å². The van der Waals surface area contributed by atoms with E-state index < -0.39 is 5.97 Å². The van der Waals surface area contributed by atoms with Crippen LogP contribution >= 0.6 is 0 Å². The van der Waals surface area contributed by atoms with E-state index in [4.69, 9.17) is 5.11 Å². The van der Waals surface area contributed by atoms with Crippen molar-refractivity contribution in [2.45, 2.75) is 13.0 Å². The number of rotatable bonds is 3. The second-order valence-corrected chi connectivity index (χ2v) is 4.47. The van der Waals surface area contributed by atoms with E-state index in [1.807, 2.05) is 25.1 Å². The van der Waals surface area contributed by atoms with E-state index >= 15 is 0 Å². The Morgan fingerprint density at radius 2 is 2.00 bits per heavy atom. The largest absolute Gasteiger partial charge is 0.478 e.